The van der Waals surface area contributed by atoms with E-state index in [1.165, 1.54) is 0 Å². The third-order valence-electron chi connectivity index (χ3n) is 2.51. The molecule has 0 aliphatic carbocycles. The lowest BCUT2D eigenvalue weighted by Crippen LogP contribution is -2.02. The number of nitrogens with two attached hydrogens (primary N) is 1. The summed E-state index contributed by atoms with van der Waals surface area (Å²) in [5.74, 6) is 2.16. The summed E-state index contributed by atoms with van der Waals surface area (Å²) in [5.41, 5.74) is 6.65. The summed E-state index contributed by atoms with van der Waals surface area (Å²) in [5, 5.41) is 0.559. The highest BCUT2D eigenvalue weighted by Crippen LogP contribution is 2.31. The minimum absolute atomic E-state index is 0.113. The van der Waals surface area contributed by atoms with Crippen molar-refractivity contribution in [3.63, 3.8) is 0 Å². The van der Waals surface area contributed by atoms with Gasteiger partial charge in [0.25, 0.3) is 0 Å². The van der Waals surface area contributed by atoms with Crippen molar-refractivity contribution in [2.75, 3.05) is 7.11 Å². The van der Waals surface area contributed by atoms with Crippen molar-refractivity contribution in [2.24, 2.45) is 5.73 Å². The molecule has 0 amide bonds. The van der Waals surface area contributed by atoms with Gasteiger partial charge in [0.2, 0.25) is 0 Å². The van der Waals surface area contributed by atoms with Crippen LogP contribution in [0.25, 0.3) is 11.3 Å². The second kappa shape index (κ2) is 4.82. The highest BCUT2D eigenvalue weighted by Gasteiger charge is 2.09. The molecule has 17 heavy (non-hydrogen) atoms. The Morgan fingerprint density at radius 3 is 2.59 bits per heavy atom. The molecule has 2 rings (SSSR count). The zero-order valence-electron chi connectivity index (χ0n) is 9.74. The molecular formula is C13H14ClNO2. The van der Waals surface area contributed by atoms with Gasteiger partial charge in [0.1, 0.15) is 17.3 Å². The summed E-state index contributed by atoms with van der Waals surface area (Å²) in [4.78, 5) is 0. The van der Waals surface area contributed by atoms with E-state index in [-0.39, 0.29) is 6.04 Å². The fourth-order valence-electron chi connectivity index (χ4n) is 1.57. The van der Waals surface area contributed by atoms with Crippen molar-refractivity contribution in [2.45, 2.75) is 13.0 Å². The topological polar surface area (TPSA) is 48.4 Å². The molecule has 1 aromatic heterocycles. The van der Waals surface area contributed by atoms with Gasteiger partial charge in [-0.1, -0.05) is 11.6 Å². The van der Waals surface area contributed by atoms with Crippen molar-refractivity contribution in [1.29, 1.82) is 0 Å². The first-order valence-corrected chi connectivity index (χ1v) is 5.69. The predicted octanol–water partition coefficient (Wildman–Crippen LogP) is 3.63. The summed E-state index contributed by atoms with van der Waals surface area (Å²) in [6, 6.07) is 9.16. The van der Waals surface area contributed by atoms with E-state index in [0.717, 1.165) is 17.1 Å². The minimum atomic E-state index is -0.113. The predicted molar refractivity (Wildman–Crippen MR) is 68.3 cm³/mol. The van der Waals surface area contributed by atoms with E-state index in [1.54, 1.807) is 7.11 Å². The van der Waals surface area contributed by atoms with E-state index in [2.05, 4.69) is 0 Å². The SMILES string of the molecule is COc1ccc(-c2ccc(C(C)N)o2)cc1Cl. The van der Waals surface area contributed by atoms with Gasteiger partial charge in [-0.3, -0.25) is 0 Å². The first-order chi connectivity index (χ1) is 8.11. The Kier molecular flexibility index (Phi) is 3.41. The van der Waals surface area contributed by atoms with Gasteiger partial charge in [-0.05, 0) is 37.3 Å². The van der Waals surface area contributed by atoms with E-state index in [1.807, 2.05) is 37.3 Å². The first kappa shape index (κ1) is 12.0. The summed E-state index contributed by atoms with van der Waals surface area (Å²) in [6.07, 6.45) is 0. The first-order valence-electron chi connectivity index (χ1n) is 5.31. The number of halogens is 1. The van der Waals surface area contributed by atoms with Crippen molar-refractivity contribution < 1.29 is 9.15 Å². The van der Waals surface area contributed by atoms with Gasteiger partial charge >= 0.3 is 0 Å². The molecule has 2 aromatic rings. The number of methoxy groups -OCH3 is 1. The molecular weight excluding hydrogens is 238 g/mol. The molecule has 4 heteroatoms. The zero-order chi connectivity index (χ0) is 12.4. The lowest BCUT2D eigenvalue weighted by Gasteiger charge is -2.04. The molecule has 1 unspecified atom stereocenters. The molecule has 0 radical (unpaired) electrons. The van der Waals surface area contributed by atoms with E-state index in [9.17, 15) is 0 Å². The van der Waals surface area contributed by atoms with Crippen LogP contribution in [0, 0.1) is 0 Å². The molecule has 3 nitrogen and oxygen atoms in total. The van der Waals surface area contributed by atoms with Crippen molar-refractivity contribution in [1.82, 2.24) is 0 Å². The molecule has 0 bridgehead atoms. The maximum atomic E-state index is 6.06. The molecule has 1 aromatic carbocycles. The molecule has 0 aliphatic heterocycles. The van der Waals surface area contributed by atoms with Gasteiger partial charge in [0.15, 0.2) is 0 Å². The highest BCUT2D eigenvalue weighted by atomic mass is 35.5. The number of rotatable bonds is 3. The Bertz CT molecular complexity index is 520. The van der Waals surface area contributed by atoms with Crippen LogP contribution in [-0.2, 0) is 0 Å². The molecule has 0 saturated heterocycles. The third-order valence-corrected chi connectivity index (χ3v) is 2.81. The van der Waals surface area contributed by atoms with Crippen molar-refractivity contribution in [3.05, 3.63) is 41.1 Å². The molecule has 2 N–H and O–H groups in total. The largest absolute Gasteiger partial charge is 0.495 e. The summed E-state index contributed by atoms with van der Waals surface area (Å²) in [6.45, 7) is 1.88. The fourth-order valence-corrected chi connectivity index (χ4v) is 1.83. The van der Waals surface area contributed by atoms with Crippen molar-refractivity contribution >= 4 is 11.6 Å². The number of hydrogen-bond donors (Lipinski definition) is 1. The molecule has 0 aliphatic rings. The Balaban J connectivity index is 2.36. The second-order valence-corrected chi connectivity index (χ2v) is 4.25. The highest BCUT2D eigenvalue weighted by molar-refractivity contribution is 6.32. The third kappa shape index (κ3) is 2.46. The standard InChI is InChI=1S/C13H14ClNO2/c1-8(15)11-5-6-12(17-11)9-3-4-13(16-2)10(14)7-9/h3-8H,15H2,1-2H3. The van der Waals surface area contributed by atoms with Crippen LogP contribution < -0.4 is 10.5 Å². The molecule has 1 heterocycles. The average molecular weight is 252 g/mol. The lowest BCUT2D eigenvalue weighted by molar-refractivity contribution is 0.415. The Morgan fingerprint density at radius 2 is 2.06 bits per heavy atom. The molecule has 90 valence electrons. The summed E-state index contributed by atoms with van der Waals surface area (Å²) in [7, 11) is 1.59. The van der Waals surface area contributed by atoms with E-state index in [0.29, 0.717) is 10.8 Å². The van der Waals surface area contributed by atoms with E-state index in [4.69, 9.17) is 26.5 Å². The Labute approximate surface area is 105 Å². The van der Waals surface area contributed by atoms with E-state index >= 15 is 0 Å². The van der Waals surface area contributed by atoms with E-state index < -0.39 is 0 Å². The van der Waals surface area contributed by atoms with Crippen LogP contribution in [0.5, 0.6) is 5.75 Å². The monoisotopic (exact) mass is 251 g/mol. The zero-order valence-corrected chi connectivity index (χ0v) is 10.5. The average Bonchev–Trinajstić information content (AvgIpc) is 2.78. The van der Waals surface area contributed by atoms with Gasteiger partial charge in [-0.2, -0.15) is 0 Å². The maximum absolute atomic E-state index is 6.06. The lowest BCUT2D eigenvalue weighted by atomic mass is 10.1. The second-order valence-electron chi connectivity index (χ2n) is 3.84. The van der Waals surface area contributed by atoms with Gasteiger partial charge in [-0.25, -0.2) is 0 Å². The van der Waals surface area contributed by atoms with Crippen LogP contribution in [0.1, 0.15) is 18.7 Å². The number of benzene rings is 1. The molecule has 0 fully saturated rings. The molecule has 0 saturated carbocycles. The van der Waals surface area contributed by atoms with Crippen LogP contribution in [0.15, 0.2) is 34.7 Å². The van der Waals surface area contributed by atoms with Crippen LogP contribution in [0.2, 0.25) is 5.02 Å². The number of ether oxygens (including phenoxy) is 1. The number of furan rings is 1. The maximum Gasteiger partial charge on any atom is 0.137 e. The Hall–Kier alpha value is -1.45. The van der Waals surface area contributed by atoms with Gasteiger partial charge in [0.05, 0.1) is 18.2 Å². The quantitative estimate of drug-likeness (QED) is 0.906. The van der Waals surface area contributed by atoms with Gasteiger partial charge in [-0.15, -0.1) is 0 Å². The molecule has 1 atom stereocenters. The van der Waals surface area contributed by atoms with Crippen LogP contribution in [0.3, 0.4) is 0 Å². The Morgan fingerprint density at radius 1 is 1.29 bits per heavy atom. The smallest absolute Gasteiger partial charge is 0.137 e. The van der Waals surface area contributed by atoms with Gasteiger partial charge < -0.3 is 14.9 Å². The van der Waals surface area contributed by atoms with Crippen LogP contribution in [-0.4, -0.2) is 7.11 Å². The van der Waals surface area contributed by atoms with Gasteiger partial charge in [0, 0.05) is 5.56 Å². The number of hydrogen-bond acceptors (Lipinski definition) is 3. The minimum Gasteiger partial charge on any atom is -0.495 e. The normalized spacial score (nSPS) is 12.5. The molecule has 0 spiro atoms. The summed E-state index contributed by atoms with van der Waals surface area (Å²) >= 11 is 6.06. The van der Waals surface area contributed by atoms with Crippen LogP contribution in [0.4, 0.5) is 0 Å². The van der Waals surface area contributed by atoms with Crippen molar-refractivity contribution in [3.8, 4) is 17.1 Å². The van der Waals surface area contributed by atoms with Crippen LogP contribution >= 0.6 is 11.6 Å². The summed E-state index contributed by atoms with van der Waals surface area (Å²) < 4.78 is 10.7. The fraction of sp³-hybridized carbons (Fsp3) is 0.231.